The molecular formula is C19H29ClN2O2. The van der Waals surface area contributed by atoms with Gasteiger partial charge >= 0.3 is 0 Å². The lowest BCUT2D eigenvalue weighted by Gasteiger charge is -2.51. The Kier molecular flexibility index (Phi) is 5.63. The number of aliphatic hydroxyl groups is 1. The summed E-state index contributed by atoms with van der Waals surface area (Å²) >= 11 is 5.97. The Morgan fingerprint density at radius 2 is 1.92 bits per heavy atom. The molecule has 0 bridgehead atoms. The number of piperidine rings is 1. The van der Waals surface area contributed by atoms with E-state index in [0.29, 0.717) is 31.1 Å². The first-order valence-electron chi connectivity index (χ1n) is 8.59. The third-order valence-electron chi connectivity index (χ3n) is 5.46. The number of benzene rings is 1. The maximum atomic E-state index is 12.8. The highest BCUT2D eigenvalue weighted by molar-refractivity contribution is 6.30. The van der Waals surface area contributed by atoms with Gasteiger partial charge in [0.05, 0.1) is 11.5 Å². The maximum absolute atomic E-state index is 12.8. The van der Waals surface area contributed by atoms with Crippen molar-refractivity contribution in [2.24, 2.45) is 23.0 Å². The van der Waals surface area contributed by atoms with Crippen molar-refractivity contribution >= 4 is 17.5 Å². The van der Waals surface area contributed by atoms with Crippen LogP contribution in [0.3, 0.4) is 0 Å². The van der Waals surface area contributed by atoms with Crippen LogP contribution in [0.5, 0.6) is 0 Å². The van der Waals surface area contributed by atoms with Gasteiger partial charge in [-0.3, -0.25) is 4.79 Å². The van der Waals surface area contributed by atoms with E-state index in [1.807, 2.05) is 44.7 Å². The molecule has 1 aliphatic rings. The van der Waals surface area contributed by atoms with E-state index in [4.69, 9.17) is 17.3 Å². The zero-order valence-electron chi connectivity index (χ0n) is 15.1. The Hall–Kier alpha value is -1.10. The molecule has 1 aromatic rings. The van der Waals surface area contributed by atoms with Gasteiger partial charge in [0.1, 0.15) is 0 Å². The minimum absolute atomic E-state index is 0.0960. The number of amides is 1. The smallest absolute Gasteiger partial charge is 0.227 e. The summed E-state index contributed by atoms with van der Waals surface area (Å²) in [5.41, 5.74) is 5.20. The van der Waals surface area contributed by atoms with E-state index in [1.165, 1.54) is 0 Å². The highest BCUT2D eigenvalue weighted by Crippen LogP contribution is 2.46. The number of carbonyl (C=O) groups excluding carboxylic acids is 1. The zero-order chi connectivity index (χ0) is 18.1. The molecular weight excluding hydrogens is 324 g/mol. The lowest BCUT2D eigenvalue weighted by molar-refractivity contribution is -0.157. The third kappa shape index (κ3) is 3.46. The lowest BCUT2D eigenvalue weighted by Crippen LogP contribution is -2.58. The van der Waals surface area contributed by atoms with Crippen LogP contribution in [0, 0.1) is 17.3 Å². The quantitative estimate of drug-likeness (QED) is 0.875. The lowest BCUT2D eigenvalue weighted by atomic mass is 9.66. The molecule has 2 atom stereocenters. The van der Waals surface area contributed by atoms with Crippen LogP contribution in [0.15, 0.2) is 24.3 Å². The minimum atomic E-state index is -0.982. The zero-order valence-corrected chi connectivity index (χ0v) is 15.8. The molecule has 2 rings (SSSR count). The van der Waals surface area contributed by atoms with Crippen molar-refractivity contribution < 1.29 is 9.90 Å². The number of rotatable bonds is 4. The number of likely N-dealkylation sites (tertiary alicyclic amines) is 1. The summed E-state index contributed by atoms with van der Waals surface area (Å²) in [6, 6.07) is 7.34. The van der Waals surface area contributed by atoms with Crippen LogP contribution in [-0.2, 0) is 10.4 Å². The summed E-state index contributed by atoms with van der Waals surface area (Å²) in [6.07, 6.45) is 0.503. The molecule has 134 valence electrons. The molecule has 5 heteroatoms. The molecule has 24 heavy (non-hydrogen) atoms. The molecule has 0 unspecified atom stereocenters. The first-order chi connectivity index (χ1) is 11.1. The van der Waals surface area contributed by atoms with Crippen molar-refractivity contribution in [2.75, 3.05) is 19.6 Å². The second-order valence-corrected chi connectivity index (χ2v) is 8.28. The van der Waals surface area contributed by atoms with Gasteiger partial charge in [-0.2, -0.15) is 0 Å². The van der Waals surface area contributed by atoms with Crippen molar-refractivity contribution in [1.82, 2.24) is 4.90 Å². The predicted molar refractivity (Wildman–Crippen MR) is 97.7 cm³/mol. The monoisotopic (exact) mass is 352 g/mol. The Bertz CT molecular complexity index is 586. The van der Waals surface area contributed by atoms with Gasteiger partial charge in [0.15, 0.2) is 0 Å². The highest BCUT2D eigenvalue weighted by atomic mass is 35.5. The predicted octanol–water partition coefficient (Wildman–Crippen LogP) is 3.02. The molecule has 0 radical (unpaired) electrons. The second-order valence-electron chi connectivity index (χ2n) is 7.85. The van der Waals surface area contributed by atoms with Gasteiger partial charge < -0.3 is 15.7 Å². The molecule has 0 aliphatic carbocycles. The largest absolute Gasteiger partial charge is 0.384 e. The molecule has 0 saturated carbocycles. The van der Waals surface area contributed by atoms with Crippen LogP contribution in [0.4, 0.5) is 0 Å². The van der Waals surface area contributed by atoms with E-state index in [2.05, 4.69) is 0 Å². The summed E-state index contributed by atoms with van der Waals surface area (Å²) in [4.78, 5) is 14.7. The number of nitrogens with two attached hydrogens (primary N) is 1. The van der Waals surface area contributed by atoms with E-state index < -0.39 is 11.0 Å². The fraction of sp³-hybridized carbons (Fsp3) is 0.632. The van der Waals surface area contributed by atoms with Crippen molar-refractivity contribution in [3.8, 4) is 0 Å². The third-order valence-corrected chi connectivity index (χ3v) is 5.71. The van der Waals surface area contributed by atoms with Crippen LogP contribution < -0.4 is 5.73 Å². The van der Waals surface area contributed by atoms with Gasteiger partial charge in [0, 0.05) is 30.1 Å². The SMILES string of the molecule is CC(C)[C@@H](CN)C(=O)N1CC[C@](O)(c2ccc(Cl)cc2)C(C)(C)C1. The summed E-state index contributed by atoms with van der Waals surface area (Å²) in [5.74, 6) is 0.143. The van der Waals surface area contributed by atoms with Crippen LogP contribution >= 0.6 is 11.6 Å². The van der Waals surface area contributed by atoms with Gasteiger partial charge in [-0.25, -0.2) is 0 Å². The number of carbonyl (C=O) groups is 1. The Morgan fingerprint density at radius 1 is 1.33 bits per heavy atom. The van der Waals surface area contributed by atoms with Gasteiger partial charge in [-0.1, -0.05) is 51.4 Å². The molecule has 3 N–H and O–H groups in total. The Morgan fingerprint density at radius 3 is 2.38 bits per heavy atom. The van der Waals surface area contributed by atoms with Crippen LogP contribution in [0.2, 0.25) is 5.02 Å². The first kappa shape index (κ1) is 19.2. The second kappa shape index (κ2) is 7.03. The van der Waals surface area contributed by atoms with Crippen LogP contribution in [0.1, 0.15) is 39.7 Å². The standard InChI is InChI=1S/C19H29ClN2O2/c1-13(2)16(11-21)17(23)22-10-9-19(24,18(3,4)12-22)14-5-7-15(20)8-6-14/h5-8,13,16,24H,9-12,21H2,1-4H3/t16-,19+/m1/s1. The van der Waals surface area contributed by atoms with E-state index in [9.17, 15) is 9.90 Å². The van der Waals surface area contributed by atoms with Gasteiger partial charge in [-0.05, 0) is 30.0 Å². The Balaban J connectivity index is 2.23. The van der Waals surface area contributed by atoms with Crippen molar-refractivity contribution in [3.05, 3.63) is 34.9 Å². The molecule has 1 aromatic carbocycles. The number of hydrogen-bond acceptors (Lipinski definition) is 3. The maximum Gasteiger partial charge on any atom is 0.227 e. The fourth-order valence-corrected chi connectivity index (χ4v) is 3.79. The number of hydrogen-bond donors (Lipinski definition) is 2. The summed E-state index contributed by atoms with van der Waals surface area (Å²) in [6.45, 7) is 9.46. The number of nitrogens with zero attached hydrogens (tertiary/aromatic N) is 1. The van der Waals surface area contributed by atoms with E-state index in [0.717, 1.165) is 5.56 Å². The molecule has 1 amide bonds. The molecule has 1 heterocycles. The minimum Gasteiger partial charge on any atom is -0.384 e. The topological polar surface area (TPSA) is 66.6 Å². The van der Waals surface area contributed by atoms with Crippen molar-refractivity contribution in [2.45, 2.75) is 39.7 Å². The number of halogens is 1. The highest BCUT2D eigenvalue weighted by Gasteiger charge is 2.50. The molecule has 1 fully saturated rings. The molecule has 1 aliphatic heterocycles. The Labute approximate surface area is 150 Å². The van der Waals surface area contributed by atoms with Gasteiger partial charge in [0.25, 0.3) is 0 Å². The average Bonchev–Trinajstić information content (AvgIpc) is 2.50. The normalized spacial score (nSPS) is 24.9. The van der Waals surface area contributed by atoms with E-state index in [1.54, 1.807) is 12.1 Å². The summed E-state index contributed by atoms with van der Waals surface area (Å²) < 4.78 is 0. The first-order valence-corrected chi connectivity index (χ1v) is 8.97. The van der Waals surface area contributed by atoms with Crippen LogP contribution in [-0.4, -0.2) is 35.5 Å². The van der Waals surface area contributed by atoms with Gasteiger partial charge in [-0.15, -0.1) is 0 Å². The molecule has 1 saturated heterocycles. The molecule has 0 spiro atoms. The van der Waals surface area contributed by atoms with Gasteiger partial charge in [0.2, 0.25) is 5.91 Å². The average molecular weight is 353 g/mol. The van der Waals surface area contributed by atoms with Crippen molar-refractivity contribution in [3.63, 3.8) is 0 Å². The van der Waals surface area contributed by atoms with E-state index >= 15 is 0 Å². The molecule has 0 aromatic heterocycles. The summed E-state index contributed by atoms with van der Waals surface area (Å²) in [7, 11) is 0. The van der Waals surface area contributed by atoms with Crippen LogP contribution in [0.25, 0.3) is 0 Å². The van der Waals surface area contributed by atoms with Crippen molar-refractivity contribution in [1.29, 1.82) is 0 Å². The fourth-order valence-electron chi connectivity index (χ4n) is 3.66. The van der Waals surface area contributed by atoms with E-state index in [-0.39, 0.29) is 17.7 Å². The molecule has 4 nitrogen and oxygen atoms in total. The summed E-state index contributed by atoms with van der Waals surface area (Å²) in [5, 5.41) is 12.0.